The molecule has 0 aromatic rings. The summed E-state index contributed by atoms with van der Waals surface area (Å²) in [6.07, 6.45) is 8.72. The lowest BCUT2D eigenvalue weighted by Gasteiger charge is -2.26. The van der Waals surface area contributed by atoms with Crippen molar-refractivity contribution < 1.29 is 0 Å². The summed E-state index contributed by atoms with van der Waals surface area (Å²) >= 11 is 5.48. The molecular weight excluding hydrogens is 156 g/mol. The molecule has 1 rings (SSSR count). The number of hydrogen-bond acceptors (Lipinski definition) is 0. The molecule has 0 amide bonds. The molecule has 0 heterocycles. The standard InChI is InChI=1S/C10H16Cl/c1-9-5-2-3-6-10(9)7-4-8-11/h4,8,10H,2-3,5-7H2,1H3/b8-4+. The topological polar surface area (TPSA) is 0 Å². The van der Waals surface area contributed by atoms with E-state index in [1.807, 2.05) is 0 Å². The molecular formula is C10H16Cl. The molecule has 0 spiro atoms. The van der Waals surface area contributed by atoms with Gasteiger partial charge in [0.25, 0.3) is 0 Å². The minimum Gasteiger partial charge on any atom is -0.0933 e. The van der Waals surface area contributed by atoms with Crippen molar-refractivity contribution in [1.82, 2.24) is 0 Å². The summed E-state index contributed by atoms with van der Waals surface area (Å²) in [5, 5.41) is 0. The second-order valence-electron chi connectivity index (χ2n) is 3.39. The molecule has 1 heteroatoms. The number of allylic oxidation sites excluding steroid dienone is 1. The minimum absolute atomic E-state index is 0.818. The summed E-state index contributed by atoms with van der Waals surface area (Å²) < 4.78 is 0. The molecule has 1 fully saturated rings. The van der Waals surface area contributed by atoms with Crippen LogP contribution < -0.4 is 0 Å². The molecule has 1 saturated carbocycles. The maximum Gasteiger partial charge on any atom is 0.000256 e. The highest BCUT2D eigenvalue weighted by Crippen LogP contribution is 2.33. The van der Waals surface area contributed by atoms with Crippen LogP contribution in [0.1, 0.15) is 39.0 Å². The number of halogens is 1. The Kier molecular flexibility index (Phi) is 3.99. The first-order valence-electron chi connectivity index (χ1n) is 4.42. The minimum atomic E-state index is 0.818. The molecule has 0 N–H and O–H groups in total. The van der Waals surface area contributed by atoms with E-state index in [1.165, 1.54) is 25.7 Å². The van der Waals surface area contributed by atoms with Crippen LogP contribution in [0.3, 0.4) is 0 Å². The molecule has 1 atom stereocenters. The van der Waals surface area contributed by atoms with Crippen molar-refractivity contribution >= 4 is 11.6 Å². The maximum absolute atomic E-state index is 5.48. The Morgan fingerprint density at radius 3 is 3.00 bits per heavy atom. The highest BCUT2D eigenvalue weighted by atomic mass is 35.5. The van der Waals surface area contributed by atoms with Gasteiger partial charge in [0.05, 0.1) is 0 Å². The van der Waals surface area contributed by atoms with Crippen molar-refractivity contribution in [2.24, 2.45) is 5.92 Å². The van der Waals surface area contributed by atoms with E-state index >= 15 is 0 Å². The van der Waals surface area contributed by atoms with Crippen molar-refractivity contribution in [3.8, 4) is 0 Å². The quantitative estimate of drug-likeness (QED) is 0.591. The summed E-state index contributed by atoms with van der Waals surface area (Å²) in [6, 6.07) is 0. The Morgan fingerprint density at radius 1 is 1.55 bits per heavy atom. The average molecular weight is 172 g/mol. The zero-order chi connectivity index (χ0) is 8.10. The second kappa shape index (κ2) is 4.82. The van der Waals surface area contributed by atoms with Gasteiger partial charge in [-0.05, 0) is 31.1 Å². The predicted molar refractivity (Wildman–Crippen MR) is 50.5 cm³/mol. The summed E-state index contributed by atoms with van der Waals surface area (Å²) in [4.78, 5) is 0. The molecule has 1 aliphatic rings. The van der Waals surface area contributed by atoms with Crippen LogP contribution in [0.2, 0.25) is 0 Å². The molecule has 1 radical (unpaired) electrons. The van der Waals surface area contributed by atoms with Gasteiger partial charge in [-0.25, -0.2) is 0 Å². The van der Waals surface area contributed by atoms with Gasteiger partial charge in [-0.15, -0.1) is 0 Å². The lowest BCUT2D eigenvalue weighted by molar-refractivity contribution is 0.399. The van der Waals surface area contributed by atoms with Crippen molar-refractivity contribution in [3.63, 3.8) is 0 Å². The lowest BCUT2D eigenvalue weighted by Crippen LogP contribution is -2.13. The van der Waals surface area contributed by atoms with Gasteiger partial charge in [-0.2, -0.15) is 0 Å². The molecule has 0 aliphatic heterocycles. The second-order valence-corrected chi connectivity index (χ2v) is 3.64. The van der Waals surface area contributed by atoms with Crippen LogP contribution in [-0.2, 0) is 0 Å². The van der Waals surface area contributed by atoms with Crippen molar-refractivity contribution in [3.05, 3.63) is 17.5 Å². The van der Waals surface area contributed by atoms with E-state index in [2.05, 4.69) is 13.0 Å². The fourth-order valence-electron chi connectivity index (χ4n) is 1.78. The molecule has 0 aromatic carbocycles. The van der Waals surface area contributed by atoms with Crippen LogP contribution >= 0.6 is 11.6 Å². The van der Waals surface area contributed by atoms with E-state index in [0.29, 0.717) is 0 Å². The summed E-state index contributed by atoms with van der Waals surface area (Å²) in [5.41, 5.74) is 1.64. The average Bonchev–Trinajstić information content (AvgIpc) is 2.03. The lowest BCUT2D eigenvalue weighted by atomic mass is 9.79. The first-order chi connectivity index (χ1) is 5.34. The van der Waals surface area contributed by atoms with Crippen LogP contribution in [0.4, 0.5) is 0 Å². The van der Waals surface area contributed by atoms with Crippen LogP contribution in [0.5, 0.6) is 0 Å². The third-order valence-electron chi connectivity index (χ3n) is 2.58. The highest BCUT2D eigenvalue weighted by molar-refractivity contribution is 6.25. The third kappa shape index (κ3) is 2.86. The fraction of sp³-hybridized carbons (Fsp3) is 0.700. The Labute approximate surface area is 74.6 Å². The predicted octanol–water partition coefficient (Wildman–Crippen LogP) is 3.91. The van der Waals surface area contributed by atoms with Gasteiger partial charge in [-0.1, -0.05) is 37.4 Å². The van der Waals surface area contributed by atoms with E-state index < -0.39 is 0 Å². The monoisotopic (exact) mass is 171 g/mol. The Morgan fingerprint density at radius 2 is 2.36 bits per heavy atom. The van der Waals surface area contributed by atoms with E-state index in [0.717, 1.165) is 12.3 Å². The van der Waals surface area contributed by atoms with Gasteiger partial charge in [0.2, 0.25) is 0 Å². The zero-order valence-corrected chi connectivity index (χ0v) is 7.90. The fourth-order valence-corrected chi connectivity index (χ4v) is 1.88. The van der Waals surface area contributed by atoms with Crippen molar-refractivity contribution in [1.29, 1.82) is 0 Å². The molecule has 63 valence electrons. The largest absolute Gasteiger partial charge is 0.0933 e. The van der Waals surface area contributed by atoms with Crippen molar-refractivity contribution in [2.45, 2.75) is 39.0 Å². The van der Waals surface area contributed by atoms with Gasteiger partial charge >= 0.3 is 0 Å². The Hall–Kier alpha value is 0.0300. The van der Waals surface area contributed by atoms with Crippen LogP contribution in [0, 0.1) is 11.8 Å². The third-order valence-corrected chi connectivity index (χ3v) is 2.76. The van der Waals surface area contributed by atoms with Crippen LogP contribution in [0.15, 0.2) is 11.6 Å². The summed E-state index contributed by atoms with van der Waals surface area (Å²) in [7, 11) is 0. The zero-order valence-electron chi connectivity index (χ0n) is 7.15. The molecule has 0 saturated heterocycles. The van der Waals surface area contributed by atoms with E-state index in [4.69, 9.17) is 11.6 Å². The summed E-state index contributed by atoms with van der Waals surface area (Å²) in [6.45, 7) is 2.28. The van der Waals surface area contributed by atoms with Gasteiger partial charge in [-0.3, -0.25) is 0 Å². The van der Waals surface area contributed by atoms with E-state index in [9.17, 15) is 0 Å². The van der Waals surface area contributed by atoms with Gasteiger partial charge in [0, 0.05) is 5.54 Å². The SMILES string of the molecule is C[C]1CCCCC1C/C=C/Cl. The van der Waals surface area contributed by atoms with Gasteiger partial charge < -0.3 is 0 Å². The van der Waals surface area contributed by atoms with Crippen LogP contribution in [0.25, 0.3) is 0 Å². The molecule has 0 bridgehead atoms. The molecule has 0 aromatic heterocycles. The molecule has 0 nitrogen and oxygen atoms in total. The highest BCUT2D eigenvalue weighted by Gasteiger charge is 2.19. The maximum atomic E-state index is 5.48. The summed E-state index contributed by atoms with van der Waals surface area (Å²) in [5.74, 6) is 2.49. The first-order valence-corrected chi connectivity index (χ1v) is 4.85. The van der Waals surface area contributed by atoms with Crippen LogP contribution in [-0.4, -0.2) is 0 Å². The Bertz CT molecular complexity index is 129. The van der Waals surface area contributed by atoms with E-state index in [-0.39, 0.29) is 0 Å². The molecule has 1 aliphatic carbocycles. The van der Waals surface area contributed by atoms with Crippen molar-refractivity contribution in [2.75, 3.05) is 0 Å². The smallest absolute Gasteiger partial charge is 0.000256 e. The number of rotatable bonds is 2. The normalized spacial score (nSPS) is 28.0. The first kappa shape index (κ1) is 9.12. The van der Waals surface area contributed by atoms with Gasteiger partial charge in [0.15, 0.2) is 0 Å². The molecule has 1 unspecified atom stereocenters. The number of hydrogen-bond donors (Lipinski definition) is 0. The van der Waals surface area contributed by atoms with Gasteiger partial charge in [0.1, 0.15) is 0 Å². The Balaban J connectivity index is 2.29. The van der Waals surface area contributed by atoms with E-state index in [1.54, 1.807) is 11.5 Å². The molecule has 11 heavy (non-hydrogen) atoms.